The van der Waals surface area contributed by atoms with Gasteiger partial charge in [-0.05, 0) is 48.5 Å². The third-order valence-electron chi connectivity index (χ3n) is 4.10. The quantitative estimate of drug-likeness (QED) is 0.496. The molecule has 2 aromatic carbocycles. The predicted molar refractivity (Wildman–Crippen MR) is 106 cm³/mol. The van der Waals surface area contributed by atoms with Gasteiger partial charge in [0.15, 0.2) is 5.03 Å². The first-order chi connectivity index (χ1) is 13.3. The van der Waals surface area contributed by atoms with E-state index in [-0.39, 0.29) is 25.7 Å². The number of hydrogen-bond acceptors (Lipinski definition) is 6. The van der Waals surface area contributed by atoms with Gasteiger partial charge in [-0.25, -0.2) is 12.8 Å². The number of nitrogens with two attached hydrogens (primary N) is 1. The van der Waals surface area contributed by atoms with Crippen molar-refractivity contribution in [1.29, 1.82) is 0 Å². The van der Waals surface area contributed by atoms with Crippen LogP contribution in [-0.4, -0.2) is 18.2 Å². The number of fused-ring (bicyclic) bond motifs is 1. The highest BCUT2D eigenvalue weighted by Crippen LogP contribution is 2.32. The fourth-order valence-electron chi connectivity index (χ4n) is 2.73. The molecule has 2 N–H and O–H groups in total. The first kappa shape index (κ1) is 18.6. The number of rotatable bonds is 3. The molecule has 0 atom stereocenters. The van der Waals surface area contributed by atoms with Crippen LogP contribution in [0, 0.1) is 5.82 Å². The molecule has 0 aliphatic rings. The number of nitrogen functional groups attached to an aromatic ring is 1. The van der Waals surface area contributed by atoms with Gasteiger partial charge in [-0.3, -0.25) is 4.79 Å². The van der Waals surface area contributed by atoms with E-state index in [0.717, 1.165) is 40.3 Å². The molecule has 0 unspecified atom stereocenters. The summed E-state index contributed by atoms with van der Waals surface area (Å²) in [5, 5.41) is 6.08. The molecule has 6 nitrogen and oxygen atoms in total. The molecule has 10 heteroatoms. The Morgan fingerprint density at radius 3 is 2.36 bits per heavy atom. The van der Waals surface area contributed by atoms with Gasteiger partial charge in [0, 0.05) is 15.8 Å². The lowest BCUT2D eigenvalue weighted by Crippen LogP contribution is -2.24. The van der Waals surface area contributed by atoms with Gasteiger partial charge in [0.05, 0.1) is 21.0 Å². The van der Waals surface area contributed by atoms with Crippen LogP contribution in [0.15, 0.2) is 68.6 Å². The largest absolute Gasteiger partial charge is 0.390 e. The van der Waals surface area contributed by atoms with E-state index in [2.05, 4.69) is 5.10 Å². The van der Waals surface area contributed by atoms with Crippen LogP contribution in [0.25, 0.3) is 16.5 Å². The lowest BCUT2D eigenvalue weighted by molar-refractivity contribution is 0.587. The molecule has 0 amide bonds. The van der Waals surface area contributed by atoms with Crippen LogP contribution in [0.2, 0.25) is 5.02 Å². The van der Waals surface area contributed by atoms with Crippen molar-refractivity contribution in [3.05, 3.63) is 75.1 Å². The number of benzene rings is 2. The SMILES string of the molecule is Nc1scc2c(S(=O)(=O)c3ccc([18F])cc3)nn(-c3ccc(Cl)cc3)c(=O)c12. The van der Waals surface area contributed by atoms with Crippen LogP contribution in [-0.2, 0) is 9.84 Å². The smallest absolute Gasteiger partial charge is 0.282 e. The molecule has 0 fully saturated rings. The van der Waals surface area contributed by atoms with Crippen LogP contribution in [0.1, 0.15) is 0 Å². The Labute approximate surface area is 167 Å². The van der Waals surface area contributed by atoms with Crippen molar-refractivity contribution < 1.29 is 12.8 Å². The summed E-state index contributed by atoms with van der Waals surface area (Å²) in [6.45, 7) is 0. The Hall–Kier alpha value is -2.75. The first-order valence-corrected chi connectivity index (χ1v) is 10.6. The van der Waals surface area contributed by atoms with E-state index in [0.29, 0.717) is 10.7 Å². The van der Waals surface area contributed by atoms with Crippen molar-refractivity contribution in [3.8, 4) is 5.69 Å². The van der Waals surface area contributed by atoms with Gasteiger partial charge in [-0.1, -0.05) is 11.6 Å². The maximum absolute atomic E-state index is 13.2. The van der Waals surface area contributed by atoms with Gasteiger partial charge in [0.25, 0.3) is 5.56 Å². The van der Waals surface area contributed by atoms with Crippen LogP contribution < -0.4 is 11.3 Å². The van der Waals surface area contributed by atoms with Gasteiger partial charge in [-0.2, -0.15) is 9.78 Å². The van der Waals surface area contributed by atoms with E-state index >= 15 is 0 Å². The molecule has 0 aliphatic heterocycles. The lowest BCUT2D eigenvalue weighted by atomic mass is 10.3. The number of hydrogen-bond donors (Lipinski definition) is 1. The Bertz CT molecular complexity index is 1360. The number of anilines is 1. The van der Waals surface area contributed by atoms with Crippen molar-refractivity contribution in [2.45, 2.75) is 9.92 Å². The molecule has 28 heavy (non-hydrogen) atoms. The van der Waals surface area contributed by atoms with Crippen LogP contribution >= 0.6 is 22.9 Å². The summed E-state index contributed by atoms with van der Waals surface area (Å²) in [7, 11) is -4.14. The molecule has 0 radical (unpaired) electrons. The highest BCUT2D eigenvalue weighted by molar-refractivity contribution is 7.91. The van der Waals surface area contributed by atoms with E-state index in [9.17, 15) is 17.6 Å². The zero-order valence-corrected chi connectivity index (χ0v) is 16.4. The normalized spacial score (nSPS) is 11.8. The van der Waals surface area contributed by atoms with Gasteiger partial charge >= 0.3 is 0 Å². The molecule has 0 saturated carbocycles. The molecule has 0 saturated heterocycles. The van der Waals surface area contributed by atoms with Crippen LogP contribution in [0.4, 0.5) is 9.39 Å². The van der Waals surface area contributed by atoms with Crippen LogP contribution in [0.3, 0.4) is 0 Å². The highest BCUT2D eigenvalue weighted by atomic mass is 35.5. The zero-order chi connectivity index (χ0) is 20.1. The van der Waals surface area contributed by atoms with E-state index in [1.165, 1.54) is 5.38 Å². The second-order valence-corrected chi connectivity index (χ2v) is 9.06. The molecular formula is C18H11ClFN3O3S2. The summed E-state index contributed by atoms with van der Waals surface area (Å²) in [5.41, 5.74) is 5.71. The molecule has 4 aromatic rings. The molecule has 142 valence electrons. The second-order valence-electron chi connectivity index (χ2n) is 5.84. The molecule has 0 spiro atoms. The van der Waals surface area contributed by atoms with E-state index < -0.39 is 21.2 Å². The zero-order valence-electron chi connectivity index (χ0n) is 14.0. The predicted octanol–water partition coefficient (Wildman–Crippen LogP) is 3.65. The van der Waals surface area contributed by atoms with Gasteiger partial charge in [-0.15, -0.1) is 11.3 Å². The van der Waals surface area contributed by atoms with Crippen molar-refractivity contribution >= 4 is 48.5 Å². The lowest BCUT2D eigenvalue weighted by Gasteiger charge is -2.10. The minimum Gasteiger partial charge on any atom is -0.390 e. The summed E-state index contributed by atoms with van der Waals surface area (Å²) >= 11 is 6.93. The number of aromatic nitrogens is 2. The number of halogens is 2. The molecule has 0 aliphatic carbocycles. The Balaban J connectivity index is 2.06. The van der Waals surface area contributed by atoms with Crippen LogP contribution in [0.5, 0.6) is 0 Å². The maximum atomic E-state index is 13.2. The minimum absolute atomic E-state index is 0.0654. The van der Waals surface area contributed by atoms with E-state index in [1.807, 2.05) is 0 Å². The molecule has 2 heterocycles. The van der Waals surface area contributed by atoms with Crippen molar-refractivity contribution in [3.63, 3.8) is 0 Å². The number of sulfone groups is 1. The standard InChI is InChI=1S/C18H11ClFN3O3S2/c19-10-1-5-12(6-2-10)23-18(24)15-14(9-27-16(15)21)17(22-23)28(25,26)13-7-3-11(20)4-8-13/h1-9H,21H2/i20-1. The molecule has 0 bridgehead atoms. The second kappa shape index (κ2) is 6.69. The van der Waals surface area contributed by atoms with Crippen molar-refractivity contribution in [2.75, 3.05) is 5.73 Å². The first-order valence-electron chi connectivity index (χ1n) is 7.85. The molecule has 4 rings (SSSR count). The van der Waals surface area contributed by atoms with Crippen molar-refractivity contribution in [1.82, 2.24) is 9.78 Å². The summed E-state index contributed by atoms with van der Waals surface area (Å²) < 4.78 is 40.5. The number of nitrogens with zero attached hydrogens (tertiary/aromatic N) is 2. The summed E-state index contributed by atoms with van der Waals surface area (Å²) in [6.07, 6.45) is 0. The Morgan fingerprint density at radius 1 is 1.07 bits per heavy atom. The Kier molecular flexibility index (Phi) is 4.45. The van der Waals surface area contributed by atoms with Gasteiger partial charge < -0.3 is 5.73 Å². The fourth-order valence-corrected chi connectivity index (χ4v) is 5.08. The average molecular weight is 435 g/mol. The monoisotopic (exact) mass is 434 g/mol. The fraction of sp³-hybridized carbons (Fsp3) is 0. The van der Waals surface area contributed by atoms with Gasteiger partial charge in [0.1, 0.15) is 5.82 Å². The topological polar surface area (TPSA) is 95.1 Å². The third kappa shape index (κ3) is 2.97. The highest BCUT2D eigenvalue weighted by Gasteiger charge is 2.27. The average Bonchev–Trinajstić information content (AvgIpc) is 3.05. The maximum Gasteiger partial charge on any atom is 0.282 e. The van der Waals surface area contributed by atoms with E-state index in [4.69, 9.17) is 17.3 Å². The third-order valence-corrected chi connectivity index (χ3v) is 6.86. The minimum atomic E-state index is -4.14. The number of thiophene rings is 1. The summed E-state index contributed by atoms with van der Waals surface area (Å²) in [5.74, 6) is -0.567. The molecule has 2 aromatic heterocycles. The summed E-state index contributed by atoms with van der Waals surface area (Å²) in [4.78, 5) is 12.8. The Morgan fingerprint density at radius 2 is 1.71 bits per heavy atom. The van der Waals surface area contributed by atoms with E-state index in [1.54, 1.807) is 24.3 Å². The van der Waals surface area contributed by atoms with Crippen molar-refractivity contribution in [2.24, 2.45) is 0 Å². The summed E-state index contributed by atoms with van der Waals surface area (Å²) in [6, 6.07) is 10.6. The van der Waals surface area contributed by atoms with Gasteiger partial charge in [0.2, 0.25) is 9.84 Å². The molecular weight excluding hydrogens is 424 g/mol.